The molecule has 2 rings (SSSR count). The molecule has 0 amide bonds. The number of carboxylic acids is 1. The summed E-state index contributed by atoms with van der Waals surface area (Å²) in [4.78, 5) is 23.9. The second-order valence-corrected chi connectivity index (χ2v) is 4.99. The van der Waals surface area contributed by atoms with Crippen LogP contribution in [-0.2, 0) is 0 Å². The van der Waals surface area contributed by atoms with E-state index >= 15 is 0 Å². The molecule has 0 spiro atoms. The summed E-state index contributed by atoms with van der Waals surface area (Å²) in [6, 6.07) is 4.24. The van der Waals surface area contributed by atoms with E-state index in [1.807, 2.05) is 4.90 Å². The standard InChI is InChI=1S/C14H18N2O4/c17-14(18)11-7-6-8-12(16(19)20)13(11)15-9-4-2-1-3-5-10-15/h6-8H,1-5,9-10H2,(H,17,18). The molecule has 20 heavy (non-hydrogen) atoms. The summed E-state index contributed by atoms with van der Waals surface area (Å²) in [6.45, 7) is 1.34. The van der Waals surface area contributed by atoms with E-state index in [4.69, 9.17) is 0 Å². The lowest BCUT2D eigenvalue weighted by molar-refractivity contribution is -0.384. The van der Waals surface area contributed by atoms with Crippen molar-refractivity contribution in [3.63, 3.8) is 0 Å². The second-order valence-electron chi connectivity index (χ2n) is 4.99. The molecule has 1 aliphatic heterocycles. The van der Waals surface area contributed by atoms with Crippen LogP contribution in [0.3, 0.4) is 0 Å². The van der Waals surface area contributed by atoms with Gasteiger partial charge in [0.15, 0.2) is 0 Å². The van der Waals surface area contributed by atoms with Gasteiger partial charge in [-0.05, 0) is 18.9 Å². The van der Waals surface area contributed by atoms with Crippen LogP contribution in [0.4, 0.5) is 11.4 Å². The summed E-state index contributed by atoms with van der Waals surface area (Å²) in [7, 11) is 0. The lowest BCUT2D eigenvalue weighted by Gasteiger charge is -2.27. The van der Waals surface area contributed by atoms with E-state index in [2.05, 4.69) is 0 Å². The van der Waals surface area contributed by atoms with Crippen LogP contribution in [-0.4, -0.2) is 29.1 Å². The quantitative estimate of drug-likeness (QED) is 0.678. The van der Waals surface area contributed by atoms with E-state index in [1.165, 1.54) is 24.6 Å². The second kappa shape index (κ2) is 6.36. The van der Waals surface area contributed by atoms with Crippen molar-refractivity contribution in [2.75, 3.05) is 18.0 Å². The molecular weight excluding hydrogens is 260 g/mol. The highest BCUT2D eigenvalue weighted by Gasteiger charge is 2.26. The number of carboxylic acid groups (broad SMARTS) is 1. The molecule has 1 heterocycles. The Labute approximate surface area is 117 Å². The summed E-state index contributed by atoms with van der Waals surface area (Å²) < 4.78 is 0. The average molecular weight is 278 g/mol. The first-order valence-corrected chi connectivity index (χ1v) is 6.87. The molecule has 0 radical (unpaired) electrons. The Morgan fingerprint density at radius 1 is 1.15 bits per heavy atom. The zero-order valence-corrected chi connectivity index (χ0v) is 11.2. The highest BCUT2D eigenvalue weighted by Crippen LogP contribution is 2.33. The van der Waals surface area contributed by atoms with Gasteiger partial charge in [0.2, 0.25) is 0 Å². The summed E-state index contributed by atoms with van der Waals surface area (Å²) in [5.74, 6) is -1.12. The monoisotopic (exact) mass is 278 g/mol. The van der Waals surface area contributed by atoms with E-state index < -0.39 is 10.9 Å². The van der Waals surface area contributed by atoms with Crippen LogP contribution in [0.2, 0.25) is 0 Å². The van der Waals surface area contributed by atoms with E-state index in [1.54, 1.807) is 0 Å². The Morgan fingerprint density at radius 3 is 2.30 bits per heavy atom. The van der Waals surface area contributed by atoms with Gasteiger partial charge in [-0.15, -0.1) is 0 Å². The number of hydrogen-bond donors (Lipinski definition) is 1. The Balaban J connectivity index is 2.45. The lowest BCUT2D eigenvalue weighted by atomic mass is 10.1. The summed E-state index contributed by atoms with van der Waals surface area (Å²) in [5.41, 5.74) is 0.150. The van der Waals surface area contributed by atoms with Crippen LogP contribution in [0.25, 0.3) is 0 Å². The van der Waals surface area contributed by atoms with E-state index in [-0.39, 0.29) is 16.9 Å². The van der Waals surface area contributed by atoms with Gasteiger partial charge in [0, 0.05) is 19.2 Å². The van der Waals surface area contributed by atoms with Crippen LogP contribution < -0.4 is 4.90 Å². The maximum Gasteiger partial charge on any atom is 0.338 e. The zero-order chi connectivity index (χ0) is 14.5. The Bertz CT molecular complexity index is 476. The highest BCUT2D eigenvalue weighted by atomic mass is 16.6. The predicted octanol–water partition coefficient (Wildman–Crippen LogP) is 3.06. The molecule has 1 aliphatic rings. The van der Waals surface area contributed by atoms with Gasteiger partial charge in [0.25, 0.3) is 5.69 Å². The van der Waals surface area contributed by atoms with E-state index in [0.717, 1.165) is 25.7 Å². The molecule has 6 heteroatoms. The van der Waals surface area contributed by atoms with Crippen LogP contribution in [0.1, 0.15) is 42.5 Å². The molecule has 0 aromatic heterocycles. The van der Waals surface area contributed by atoms with Crippen molar-refractivity contribution < 1.29 is 14.8 Å². The van der Waals surface area contributed by atoms with Crippen molar-refractivity contribution in [1.82, 2.24) is 0 Å². The third-order valence-corrected chi connectivity index (χ3v) is 3.61. The number of anilines is 1. The highest BCUT2D eigenvalue weighted by molar-refractivity contribution is 5.97. The molecule has 0 aliphatic carbocycles. The van der Waals surface area contributed by atoms with Crippen LogP contribution in [0.5, 0.6) is 0 Å². The first kappa shape index (κ1) is 14.3. The molecule has 0 atom stereocenters. The first-order chi connectivity index (χ1) is 9.61. The van der Waals surface area contributed by atoms with Crippen molar-refractivity contribution in [3.8, 4) is 0 Å². The SMILES string of the molecule is O=C(O)c1cccc([N+](=O)[O-])c1N1CCCCCCC1. The fraction of sp³-hybridized carbons (Fsp3) is 0.500. The minimum absolute atomic E-state index is 0.0137. The summed E-state index contributed by atoms with van der Waals surface area (Å²) in [5, 5.41) is 20.5. The Morgan fingerprint density at radius 2 is 1.75 bits per heavy atom. The molecule has 1 fully saturated rings. The van der Waals surface area contributed by atoms with Crippen molar-refractivity contribution >= 4 is 17.3 Å². The smallest absolute Gasteiger partial charge is 0.338 e. The van der Waals surface area contributed by atoms with Crippen LogP contribution >= 0.6 is 0 Å². The molecule has 0 unspecified atom stereocenters. The minimum atomic E-state index is -1.12. The fourth-order valence-electron chi connectivity index (χ4n) is 2.65. The molecule has 0 saturated carbocycles. The normalized spacial score (nSPS) is 16.3. The number of nitro groups is 1. The van der Waals surface area contributed by atoms with Gasteiger partial charge in [-0.25, -0.2) is 4.79 Å². The number of rotatable bonds is 3. The maximum atomic E-state index is 11.3. The number of hydrogen-bond acceptors (Lipinski definition) is 4. The number of aromatic carboxylic acids is 1. The topological polar surface area (TPSA) is 83.7 Å². The summed E-state index contributed by atoms with van der Waals surface area (Å²) >= 11 is 0. The predicted molar refractivity (Wildman–Crippen MR) is 75.4 cm³/mol. The first-order valence-electron chi connectivity index (χ1n) is 6.87. The Kier molecular flexibility index (Phi) is 4.55. The van der Waals surface area contributed by atoms with Crippen molar-refractivity contribution in [3.05, 3.63) is 33.9 Å². The third kappa shape index (κ3) is 3.07. The number of nitro benzene ring substituents is 1. The molecular formula is C14H18N2O4. The number of para-hydroxylation sites is 1. The fourth-order valence-corrected chi connectivity index (χ4v) is 2.65. The van der Waals surface area contributed by atoms with Gasteiger partial charge >= 0.3 is 5.97 Å². The van der Waals surface area contributed by atoms with Gasteiger partial charge in [-0.2, -0.15) is 0 Å². The largest absolute Gasteiger partial charge is 0.478 e. The molecule has 1 N–H and O–H groups in total. The molecule has 0 bridgehead atoms. The van der Waals surface area contributed by atoms with Gasteiger partial charge in [-0.1, -0.05) is 25.3 Å². The van der Waals surface area contributed by atoms with Crippen LogP contribution in [0.15, 0.2) is 18.2 Å². The molecule has 1 saturated heterocycles. The maximum absolute atomic E-state index is 11.3. The minimum Gasteiger partial charge on any atom is -0.478 e. The lowest BCUT2D eigenvalue weighted by Crippen LogP contribution is -2.29. The molecule has 108 valence electrons. The van der Waals surface area contributed by atoms with Crippen molar-refractivity contribution in [1.29, 1.82) is 0 Å². The molecule has 1 aromatic rings. The van der Waals surface area contributed by atoms with Crippen molar-refractivity contribution in [2.45, 2.75) is 32.1 Å². The van der Waals surface area contributed by atoms with Crippen molar-refractivity contribution in [2.24, 2.45) is 0 Å². The number of carbonyl (C=O) groups is 1. The molecule has 6 nitrogen and oxygen atoms in total. The van der Waals surface area contributed by atoms with Crippen LogP contribution in [0, 0.1) is 10.1 Å². The van der Waals surface area contributed by atoms with Gasteiger partial charge in [0.05, 0.1) is 10.5 Å². The van der Waals surface area contributed by atoms with E-state index in [0.29, 0.717) is 13.1 Å². The molecule has 1 aromatic carbocycles. The average Bonchev–Trinajstić information content (AvgIpc) is 2.37. The number of nitrogens with zero attached hydrogens (tertiary/aromatic N) is 2. The van der Waals surface area contributed by atoms with Gasteiger partial charge in [0.1, 0.15) is 5.69 Å². The van der Waals surface area contributed by atoms with Gasteiger partial charge in [-0.3, -0.25) is 10.1 Å². The third-order valence-electron chi connectivity index (χ3n) is 3.61. The zero-order valence-electron chi connectivity index (χ0n) is 11.2. The van der Waals surface area contributed by atoms with Gasteiger partial charge < -0.3 is 10.0 Å². The summed E-state index contributed by atoms with van der Waals surface area (Å²) in [6.07, 6.45) is 5.21. The van der Waals surface area contributed by atoms with E-state index in [9.17, 15) is 20.0 Å². The number of benzene rings is 1. The Hall–Kier alpha value is -2.11.